The van der Waals surface area contributed by atoms with Gasteiger partial charge in [0, 0.05) is 38.5 Å². The average Bonchev–Trinajstić information content (AvgIpc) is 2.65. The number of nitrogens with zero attached hydrogens (tertiary/aromatic N) is 1. The number of urea groups is 1. The second kappa shape index (κ2) is 8.02. The van der Waals surface area contributed by atoms with Gasteiger partial charge in [-0.3, -0.25) is 4.79 Å². The van der Waals surface area contributed by atoms with E-state index in [-0.39, 0.29) is 16.8 Å². The van der Waals surface area contributed by atoms with Gasteiger partial charge in [0.2, 0.25) is 5.91 Å². The van der Waals surface area contributed by atoms with Crippen LogP contribution in [0.4, 0.5) is 10.5 Å². The summed E-state index contributed by atoms with van der Waals surface area (Å²) in [6, 6.07) is 12.0. The molecule has 0 atom stereocenters. The summed E-state index contributed by atoms with van der Waals surface area (Å²) in [6.07, 6.45) is 1.83. The molecule has 2 N–H and O–H groups in total. The van der Waals surface area contributed by atoms with Crippen LogP contribution in [0.25, 0.3) is 0 Å². The molecule has 2 aromatic carbocycles. The number of rotatable bonds is 4. The minimum absolute atomic E-state index is 0.115. The number of fused-ring (bicyclic) bond motifs is 1. The SMILES string of the molecule is CC(=O)Nc1cccc2c1CCN(C(=O)NCc1ccc(S(C)(=O)=O)cc1)C2. The van der Waals surface area contributed by atoms with E-state index in [9.17, 15) is 18.0 Å². The molecule has 1 aliphatic rings. The van der Waals surface area contributed by atoms with Crippen molar-refractivity contribution in [3.05, 3.63) is 59.2 Å². The summed E-state index contributed by atoms with van der Waals surface area (Å²) in [6.45, 7) is 2.83. The average molecular weight is 401 g/mol. The highest BCUT2D eigenvalue weighted by molar-refractivity contribution is 7.90. The second-order valence-corrected chi connectivity index (χ2v) is 8.89. The van der Waals surface area contributed by atoms with E-state index in [4.69, 9.17) is 0 Å². The fourth-order valence-electron chi connectivity index (χ4n) is 3.23. The molecule has 3 amide bonds. The standard InChI is InChI=1S/C20H23N3O4S/c1-14(24)22-19-5-3-4-16-13-23(11-10-18(16)19)20(25)21-12-15-6-8-17(9-7-15)28(2,26)27/h3-9H,10-13H2,1-2H3,(H,21,25)(H,22,24). The molecule has 0 bridgehead atoms. The summed E-state index contributed by atoms with van der Waals surface area (Å²) in [7, 11) is -3.23. The maximum Gasteiger partial charge on any atom is 0.317 e. The Balaban J connectivity index is 1.61. The predicted molar refractivity (Wildman–Crippen MR) is 107 cm³/mol. The molecular weight excluding hydrogens is 378 g/mol. The van der Waals surface area contributed by atoms with Crippen LogP contribution >= 0.6 is 0 Å². The van der Waals surface area contributed by atoms with Crippen LogP contribution in [-0.4, -0.2) is 38.1 Å². The molecule has 1 aliphatic heterocycles. The van der Waals surface area contributed by atoms with Crippen molar-refractivity contribution in [3.8, 4) is 0 Å². The number of carbonyl (C=O) groups is 2. The van der Waals surface area contributed by atoms with Crippen molar-refractivity contribution in [3.63, 3.8) is 0 Å². The van der Waals surface area contributed by atoms with E-state index < -0.39 is 9.84 Å². The van der Waals surface area contributed by atoms with Gasteiger partial charge in [0.25, 0.3) is 0 Å². The maximum atomic E-state index is 12.5. The highest BCUT2D eigenvalue weighted by Crippen LogP contribution is 2.26. The van der Waals surface area contributed by atoms with Crippen LogP contribution < -0.4 is 10.6 Å². The maximum absolute atomic E-state index is 12.5. The summed E-state index contributed by atoms with van der Waals surface area (Å²) in [4.78, 5) is 25.8. The number of anilines is 1. The van der Waals surface area contributed by atoms with E-state index in [1.54, 1.807) is 17.0 Å². The van der Waals surface area contributed by atoms with Gasteiger partial charge < -0.3 is 15.5 Å². The first-order valence-corrected chi connectivity index (χ1v) is 10.8. The van der Waals surface area contributed by atoms with E-state index in [1.807, 2.05) is 18.2 Å². The molecule has 0 spiro atoms. The Kier molecular flexibility index (Phi) is 5.69. The van der Waals surface area contributed by atoms with Crippen LogP contribution in [-0.2, 0) is 34.1 Å². The zero-order valence-corrected chi connectivity index (χ0v) is 16.7. The Bertz CT molecular complexity index is 1000. The minimum atomic E-state index is -3.23. The summed E-state index contributed by atoms with van der Waals surface area (Å²) in [5.74, 6) is -0.115. The van der Waals surface area contributed by atoms with Crippen molar-refractivity contribution in [2.75, 3.05) is 18.1 Å². The first kappa shape index (κ1) is 19.9. The topological polar surface area (TPSA) is 95.6 Å². The van der Waals surface area contributed by atoms with Gasteiger partial charge in [-0.2, -0.15) is 0 Å². The zero-order valence-electron chi connectivity index (χ0n) is 15.9. The third kappa shape index (κ3) is 4.69. The van der Waals surface area contributed by atoms with Crippen LogP contribution in [0.5, 0.6) is 0 Å². The van der Waals surface area contributed by atoms with Crippen molar-refractivity contribution >= 4 is 27.5 Å². The van der Waals surface area contributed by atoms with E-state index >= 15 is 0 Å². The van der Waals surface area contributed by atoms with Crippen LogP contribution in [0.15, 0.2) is 47.4 Å². The number of carbonyl (C=O) groups excluding carboxylic acids is 2. The largest absolute Gasteiger partial charge is 0.334 e. The Hall–Kier alpha value is -2.87. The van der Waals surface area contributed by atoms with Gasteiger partial charge in [-0.1, -0.05) is 24.3 Å². The fourth-order valence-corrected chi connectivity index (χ4v) is 3.86. The number of hydrogen-bond acceptors (Lipinski definition) is 4. The van der Waals surface area contributed by atoms with Crippen molar-refractivity contribution < 1.29 is 18.0 Å². The van der Waals surface area contributed by atoms with E-state index in [2.05, 4.69) is 10.6 Å². The van der Waals surface area contributed by atoms with Gasteiger partial charge in [0.05, 0.1) is 4.90 Å². The van der Waals surface area contributed by atoms with Gasteiger partial charge >= 0.3 is 6.03 Å². The molecule has 0 saturated heterocycles. The number of sulfone groups is 1. The van der Waals surface area contributed by atoms with Gasteiger partial charge in [0.15, 0.2) is 9.84 Å². The van der Waals surface area contributed by atoms with Crippen LogP contribution in [0.2, 0.25) is 0 Å². The van der Waals surface area contributed by atoms with E-state index in [1.165, 1.54) is 19.1 Å². The molecule has 0 saturated carbocycles. The van der Waals surface area contributed by atoms with Gasteiger partial charge in [-0.25, -0.2) is 13.2 Å². The number of amides is 3. The van der Waals surface area contributed by atoms with Crippen molar-refractivity contribution in [2.45, 2.75) is 31.3 Å². The molecule has 0 unspecified atom stereocenters. The van der Waals surface area contributed by atoms with E-state index in [0.29, 0.717) is 26.1 Å². The number of hydrogen-bond donors (Lipinski definition) is 2. The molecule has 0 aromatic heterocycles. The Morgan fingerprint density at radius 3 is 2.46 bits per heavy atom. The second-order valence-electron chi connectivity index (χ2n) is 6.87. The molecule has 2 aromatic rings. The lowest BCUT2D eigenvalue weighted by Gasteiger charge is -2.30. The molecule has 148 valence electrons. The van der Waals surface area contributed by atoms with Crippen molar-refractivity contribution in [1.82, 2.24) is 10.2 Å². The molecular formula is C20H23N3O4S. The third-order valence-corrected chi connectivity index (χ3v) is 5.79. The molecule has 0 fully saturated rings. The monoisotopic (exact) mass is 401 g/mol. The Morgan fingerprint density at radius 2 is 1.82 bits per heavy atom. The first-order valence-electron chi connectivity index (χ1n) is 8.94. The van der Waals surface area contributed by atoms with Crippen molar-refractivity contribution in [1.29, 1.82) is 0 Å². The smallest absolute Gasteiger partial charge is 0.317 e. The highest BCUT2D eigenvalue weighted by atomic mass is 32.2. The lowest BCUT2D eigenvalue weighted by Crippen LogP contribution is -2.42. The molecule has 28 heavy (non-hydrogen) atoms. The Labute approximate surface area is 164 Å². The molecule has 8 heteroatoms. The van der Waals surface area contributed by atoms with Gasteiger partial charge in [-0.15, -0.1) is 0 Å². The first-order chi connectivity index (χ1) is 13.2. The molecule has 1 heterocycles. The van der Waals surface area contributed by atoms with Gasteiger partial charge in [0.1, 0.15) is 0 Å². The lowest BCUT2D eigenvalue weighted by molar-refractivity contribution is -0.114. The van der Waals surface area contributed by atoms with Crippen LogP contribution in [0.3, 0.4) is 0 Å². The van der Waals surface area contributed by atoms with E-state index in [0.717, 1.165) is 28.6 Å². The minimum Gasteiger partial charge on any atom is -0.334 e. The van der Waals surface area contributed by atoms with Crippen molar-refractivity contribution in [2.24, 2.45) is 0 Å². The highest BCUT2D eigenvalue weighted by Gasteiger charge is 2.22. The summed E-state index contributed by atoms with van der Waals surface area (Å²) < 4.78 is 23.0. The summed E-state index contributed by atoms with van der Waals surface area (Å²) in [5.41, 5.74) is 3.71. The normalized spacial score (nSPS) is 13.6. The van der Waals surface area contributed by atoms with Gasteiger partial charge in [-0.05, 0) is 41.3 Å². The number of benzene rings is 2. The van der Waals surface area contributed by atoms with Crippen LogP contribution in [0.1, 0.15) is 23.6 Å². The molecule has 0 radical (unpaired) electrons. The number of nitrogens with one attached hydrogen (secondary N) is 2. The zero-order chi connectivity index (χ0) is 20.3. The quantitative estimate of drug-likeness (QED) is 0.822. The third-order valence-electron chi connectivity index (χ3n) is 4.66. The molecule has 3 rings (SSSR count). The lowest BCUT2D eigenvalue weighted by atomic mass is 9.98. The predicted octanol–water partition coefficient (Wildman–Crippen LogP) is 2.32. The summed E-state index contributed by atoms with van der Waals surface area (Å²) in [5, 5.41) is 5.71. The molecule has 7 nitrogen and oxygen atoms in total. The molecule has 0 aliphatic carbocycles. The Morgan fingerprint density at radius 1 is 1.11 bits per heavy atom. The fraction of sp³-hybridized carbons (Fsp3) is 0.300. The van der Waals surface area contributed by atoms with Crippen LogP contribution in [0, 0.1) is 0 Å². The summed E-state index contributed by atoms with van der Waals surface area (Å²) >= 11 is 0.